The number of aromatic nitrogens is 2. The van der Waals surface area contributed by atoms with E-state index < -0.39 is 5.91 Å². The van der Waals surface area contributed by atoms with Crippen molar-refractivity contribution in [1.82, 2.24) is 9.78 Å². The van der Waals surface area contributed by atoms with E-state index in [-0.39, 0.29) is 5.91 Å². The third kappa shape index (κ3) is 3.79. The molecule has 0 bridgehead atoms. The molecule has 0 saturated heterocycles. The molecule has 4 aromatic rings. The number of carbonyl (C=O) groups is 2. The van der Waals surface area contributed by atoms with Gasteiger partial charge in [0.2, 0.25) is 5.91 Å². The Kier molecular flexibility index (Phi) is 4.70. The zero-order valence-electron chi connectivity index (χ0n) is 15.6. The summed E-state index contributed by atoms with van der Waals surface area (Å²) in [6, 6.07) is 19.5. The number of hydrogen-bond donors (Lipinski definition) is 2. The predicted octanol–water partition coefficient (Wildman–Crippen LogP) is 3.79. The van der Waals surface area contributed by atoms with Crippen molar-refractivity contribution in [2.24, 2.45) is 5.73 Å². The van der Waals surface area contributed by atoms with Gasteiger partial charge in [0.1, 0.15) is 11.5 Å². The number of amides is 2. The number of nitrogens with two attached hydrogens (primary N) is 1. The van der Waals surface area contributed by atoms with Crippen LogP contribution in [0.5, 0.6) is 0 Å². The number of hydrogen-bond acceptors (Lipinski definition) is 4. The molecule has 0 aliphatic carbocycles. The smallest absolute Gasteiger partial charge is 0.259 e. The van der Waals surface area contributed by atoms with Crippen molar-refractivity contribution in [2.45, 2.75) is 6.92 Å². The quantitative estimate of drug-likeness (QED) is 0.544. The molecule has 0 unspecified atom stereocenters. The fourth-order valence-electron chi connectivity index (χ4n) is 2.95. The second-order valence-corrected chi connectivity index (χ2v) is 6.48. The van der Waals surface area contributed by atoms with Crippen LogP contribution in [0.3, 0.4) is 0 Å². The number of nitrogens with one attached hydrogen (secondary N) is 1. The third-order valence-electron chi connectivity index (χ3n) is 4.36. The number of benzene rings is 2. The molecule has 7 heteroatoms. The number of nitrogens with zero attached hydrogens (tertiary/aromatic N) is 2. The Bertz CT molecular complexity index is 1190. The summed E-state index contributed by atoms with van der Waals surface area (Å²) in [5.41, 5.74) is 7.66. The molecule has 0 spiro atoms. The van der Waals surface area contributed by atoms with Crippen molar-refractivity contribution < 1.29 is 14.0 Å². The van der Waals surface area contributed by atoms with Crippen LogP contribution in [0.4, 0.5) is 5.69 Å². The van der Waals surface area contributed by atoms with Crippen LogP contribution in [0.25, 0.3) is 17.1 Å². The summed E-state index contributed by atoms with van der Waals surface area (Å²) in [7, 11) is 0. The molecule has 29 heavy (non-hydrogen) atoms. The molecular weight excluding hydrogens is 368 g/mol. The molecule has 0 aliphatic rings. The number of furan rings is 1. The lowest BCUT2D eigenvalue weighted by Crippen LogP contribution is -2.14. The molecule has 3 N–H and O–H groups in total. The SMILES string of the molecule is Cc1ccc(-c2nn(-c3ccccc3)cc2C(=O)Nc2cccc(C(N)=O)c2)o1. The Morgan fingerprint density at radius 1 is 1.03 bits per heavy atom. The molecule has 2 aromatic carbocycles. The summed E-state index contributed by atoms with van der Waals surface area (Å²) in [6.45, 7) is 1.83. The summed E-state index contributed by atoms with van der Waals surface area (Å²) in [5.74, 6) is 0.269. The number of para-hydroxylation sites is 1. The first kappa shape index (κ1) is 18.2. The van der Waals surface area contributed by atoms with E-state index in [4.69, 9.17) is 10.2 Å². The first-order valence-corrected chi connectivity index (χ1v) is 8.94. The average molecular weight is 386 g/mol. The number of aryl methyl sites for hydroxylation is 1. The van der Waals surface area contributed by atoms with Gasteiger partial charge in [-0.2, -0.15) is 5.10 Å². The van der Waals surface area contributed by atoms with Crippen LogP contribution in [0.1, 0.15) is 26.5 Å². The maximum atomic E-state index is 13.0. The van der Waals surface area contributed by atoms with Gasteiger partial charge in [0.05, 0.1) is 11.3 Å². The van der Waals surface area contributed by atoms with Crippen molar-refractivity contribution in [3.63, 3.8) is 0 Å². The van der Waals surface area contributed by atoms with E-state index in [0.717, 1.165) is 11.4 Å². The van der Waals surface area contributed by atoms with Gasteiger partial charge in [0.15, 0.2) is 5.76 Å². The normalized spacial score (nSPS) is 10.7. The predicted molar refractivity (Wildman–Crippen MR) is 109 cm³/mol. The summed E-state index contributed by atoms with van der Waals surface area (Å²) in [4.78, 5) is 24.4. The number of carbonyl (C=O) groups excluding carboxylic acids is 2. The molecule has 0 aliphatic heterocycles. The highest BCUT2D eigenvalue weighted by atomic mass is 16.3. The van der Waals surface area contributed by atoms with Gasteiger partial charge in [-0.3, -0.25) is 9.59 Å². The molecule has 0 fully saturated rings. The van der Waals surface area contributed by atoms with Crippen molar-refractivity contribution in [3.8, 4) is 17.1 Å². The van der Waals surface area contributed by atoms with Gasteiger partial charge >= 0.3 is 0 Å². The molecule has 2 amide bonds. The maximum absolute atomic E-state index is 13.0. The molecular formula is C22H18N4O3. The Balaban J connectivity index is 1.73. The maximum Gasteiger partial charge on any atom is 0.259 e. The molecule has 0 saturated carbocycles. The highest BCUT2D eigenvalue weighted by Gasteiger charge is 2.21. The molecule has 144 valence electrons. The van der Waals surface area contributed by atoms with Crippen LogP contribution in [0.2, 0.25) is 0 Å². The molecule has 0 radical (unpaired) electrons. The van der Waals surface area contributed by atoms with Gasteiger partial charge in [-0.25, -0.2) is 4.68 Å². The molecule has 4 rings (SSSR count). The minimum absolute atomic E-state index is 0.310. The van der Waals surface area contributed by atoms with Crippen LogP contribution in [-0.2, 0) is 0 Å². The highest BCUT2D eigenvalue weighted by molar-refractivity contribution is 6.08. The Morgan fingerprint density at radius 3 is 2.52 bits per heavy atom. The highest BCUT2D eigenvalue weighted by Crippen LogP contribution is 2.26. The molecule has 0 atom stereocenters. The summed E-state index contributed by atoms with van der Waals surface area (Å²) >= 11 is 0. The molecule has 7 nitrogen and oxygen atoms in total. The van der Waals surface area contributed by atoms with E-state index in [1.807, 2.05) is 43.3 Å². The van der Waals surface area contributed by atoms with Crippen molar-refractivity contribution >= 4 is 17.5 Å². The van der Waals surface area contributed by atoms with Crippen LogP contribution in [0.15, 0.2) is 77.3 Å². The second-order valence-electron chi connectivity index (χ2n) is 6.48. The monoisotopic (exact) mass is 386 g/mol. The lowest BCUT2D eigenvalue weighted by molar-refractivity contribution is 0.0996. The largest absolute Gasteiger partial charge is 0.460 e. The second kappa shape index (κ2) is 7.47. The van der Waals surface area contributed by atoms with E-state index in [2.05, 4.69) is 10.4 Å². The Morgan fingerprint density at radius 2 is 1.83 bits per heavy atom. The van der Waals surface area contributed by atoms with Gasteiger partial charge in [0, 0.05) is 17.4 Å². The number of anilines is 1. The van der Waals surface area contributed by atoms with E-state index in [1.54, 1.807) is 35.1 Å². The molecule has 2 heterocycles. The fourth-order valence-corrected chi connectivity index (χ4v) is 2.95. The minimum Gasteiger partial charge on any atom is -0.460 e. The van der Waals surface area contributed by atoms with Crippen molar-refractivity contribution in [1.29, 1.82) is 0 Å². The van der Waals surface area contributed by atoms with E-state index in [1.165, 1.54) is 6.07 Å². The van der Waals surface area contributed by atoms with E-state index in [0.29, 0.717) is 28.3 Å². The van der Waals surface area contributed by atoms with Crippen molar-refractivity contribution in [2.75, 3.05) is 5.32 Å². The summed E-state index contributed by atoms with van der Waals surface area (Å²) < 4.78 is 7.32. The number of rotatable bonds is 5. The zero-order chi connectivity index (χ0) is 20.4. The first-order valence-electron chi connectivity index (χ1n) is 8.94. The lowest BCUT2D eigenvalue weighted by atomic mass is 10.1. The zero-order valence-corrected chi connectivity index (χ0v) is 15.6. The van der Waals surface area contributed by atoms with Gasteiger partial charge in [-0.15, -0.1) is 0 Å². The van der Waals surface area contributed by atoms with Gasteiger partial charge < -0.3 is 15.5 Å². The third-order valence-corrected chi connectivity index (χ3v) is 4.36. The van der Waals surface area contributed by atoms with Gasteiger partial charge in [-0.05, 0) is 49.4 Å². The average Bonchev–Trinajstić information content (AvgIpc) is 3.35. The summed E-state index contributed by atoms with van der Waals surface area (Å²) in [5, 5.41) is 7.35. The Hall–Kier alpha value is -4.13. The van der Waals surface area contributed by atoms with Crippen LogP contribution < -0.4 is 11.1 Å². The van der Waals surface area contributed by atoms with E-state index >= 15 is 0 Å². The van der Waals surface area contributed by atoms with E-state index in [9.17, 15) is 9.59 Å². The summed E-state index contributed by atoms with van der Waals surface area (Å²) in [6.07, 6.45) is 1.65. The van der Waals surface area contributed by atoms with Crippen LogP contribution in [-0.4, -0.2) is 21.6 Å². The molecule has 2 aromatic heterocycles. The minimum atomic E-state index is -0.565. The van der Waals surface area contributed by atoms with Crippen molar-refractivity contribution in [3.05, 3.63) is 89.8 Å². The fraction of sp³-hybridized carbons (Fsp3) is 0.0455. The lowest BCUT2D eigenvalue weighted by Gasteiger charge is -2.06. The van der Waals surface area contributed by atoms with Gasteiger partial charge in [-0.1, -0.05) is 24.3 Å². The number of primary amides is 1. The Labute approximate surface area is 166 Å². The topological polar surface area (TPSA) is 103 Å². The standard InChI is InChI=1S/C22H18N4O3/c1-14-10-11-19(29-14)20-18(13-26(25-20)17-8-3-2-4-9-17)22(28)24-16-7-5-6-15(12-16)21(23)27/h2-13H,1H3,(H2,23,27)(H,24,28). The van der Waals surface area contributed by atoms with Crippen LogP contribution >= 0.6 is 0 Å². The van der Waals surface area contributed by atoms with Crippen LogP contribution in [0, 0.1) is 6.92 Å². The van der Waals surface area contributed by atoms with Gasteiger partial charge in [0.25, 0.3) is 5.91 Å². The first-order chi connectivity index (χ1) is 14.0.